The lowest BCUT2D eigenvalue weighted by atomic mass is 9.96. The molecule has 2 aliphatic rings. The summed E-state index contributed by atoms with van der Waals surface area (Å²) in [5.41, 5.74) is 2.15. The maximum absolute atomic E-state index is 13.0. The predicted molar refractivity (Wildman–Crippen MR) is 124 cm³/mol. The Balaban J connectivity index is 1.37. The highest BCUT2D eigenvalue weighted by Crippen LogP contribution is 2.25. The van der Waals surface area contributed by atoms with Gasteiger partial charge < -0.3 is 10.2 Å². The molecule has 0 bridgehead atoms. The summed E-state index contributed by atoms with van der Waals surface area (Å²) in [6.45, 7) is 3.97. The quantitative estimate of drug-likeness (QED) is 0.521. The molecular weight excluding hydrogens is 418 g/mol. The molecule has 4 amide bonds. The monoisotopic (exact) mass is 447 g/mol. The number of fused-ring (bicyclic) bond motifs is 1. The first-order chi connectivity index (χ1) is 16.0. The van der Waals surface area contributed by atoms with Crippen LogP contribution in [0.25, 0.3) is 0 Å². The molecule has 2 aromatic carbocycles. The van der Waals surface area contributed by atoms with Crippen molar-refractivity contribution in [3.05, 3.63) is 70.8 Å². The van der Waals surface area contributed by atoms with E-state index >= 15 is 0 Å². The summed E-state index contributed by atoms with van der Waals surface area (Å²) < 4.78 is 0. The average molecular weight is 448 g/mol. The van der Waals surface area contributed by atoms with E-state index in [0.29, 0.717) is 36.3 Å². The second kappa shape index (κ2) is 9.98. The van der Waals surface area contributed by atoms with Crippen molar-refractivity contribution >= 4 is 23.6 Å². The molecule has 1 saturated heterocycles. The van der Waals surface area contributed by atoms with Crippen molar-refractivity contribution in [2.45, 2.75) is 39.2 Å². The van der Waals surface area contributed by atoms with Crippen LogP contribution in [0.1, 0.15) is 69.2 Å². The molecule has 2 aromatic rings. The highest BCUT2D eigenvalue weighted by Gasteiger charge is 2.35. The Morgan fingerprint density at radius 1 is 1.00 bits per heavy atom. The topological polar surface area (TPSA) is 86.8 Å². The maximum atomic E-state index is 13.0. The minimum absolute atomic E-state index is 0.0252. The van der Waals surface area contributed by atoms with Crippen LogP contribution in [-0.4, -0.2) is 53.1 Å². The number of benzene rings is 2. The van der Waals surface area contributed by atoms with Gasteiger partial charge in [-0.3, -0.25) is 24.1 Å². The Hall–Kier alpha value is -3.48. The van der Waals surface area contributed by atoms with Crippen molar-refractivity contribution in [1.29, 1.82) is 0 Å². The Morgan fingerprint density at radius 2 is 1.67 bits per heavy atom. The molecule has 2 aliphatic heterocycles. The van der Waals surface area contributed by atoms with E-state index in [1.165, 1.54) is 4.90 Å². The van der Waals surface area contributed by atoms with Gasteiger partial charge in [-0.15, -0.1) is 0 Å². The fourth-order valence-electron chi connectivity index (χ4n) is 4.41. The van der Waals surface area contributed by atoms with Crippen LogP contribution in [0.15, 0.2) is 48.5 Å². The molecule has 0 spiro atoms. The van der Waals surface area contributed by atoms with Crippen LogP contribution < -0.4 is 5.32 Å². The van der Waals surface area contributed by atoms with Crippen molar-refractivity contribution in [2.75, 3.05) is 19.6 Å². The predicted octanol–water partition coefficient (Wildman–Crippen LogP) is 3.25. The molecule has 2 heterocycles. The minimum Gasteiger partial charge on any atom is -0.356 e. The van der Waals surface area contributed by atoms with E-state index in [4.69, 9.17) is 0 Å². The Kier molecular flexibility index (Phi) is 6.87. The fraction of sp³-hybridized carbons (Fsp3) is 0.385. The number of hydrogen-bond acceptors (Lipinski definition) is 4. The summed E-state index contributed by atoms with van der Waals surface area (Å²) in [6.07, 6.45) is 3.57. The normalized spacial score (nSPS) is 17.8. The third-order valence-electron chi connectivity index (χ3n) is 6.33. The SMILES string of the molecule is CCCCNC(=O)C1CCCN(C(=O)c2ccc(CN3C(=O)c4ccccc4C3=O)cc2)C1. The summed E-state index contributed by atoms with van der Waals surface area (Å²) in [5.74, 6) is -0.849. The van der Waals surface area contributed by atoms with Gasteiger partial charge in [-0.2, -0.15) is 0 Å². The summed E-state index contributed by atoms with van der Waals surface area (Å²) in [5, 5.41) is 2.97. The van der Waals surface area contributed by atoms with Crippen LogP contribution in [0.2, 0.25) is 0 Å². The molecule has 7 nitrogen and oxygen atoms in total. The van der Waals surface area contributed by atoms with E-state index in [1.807, 2.05) is 0 Å². The van der Waals surface area contributed by atoms with Gasteiger partial charge >= 0.3 is 0 Å². The van der Waals surface area contributed by atoms with Gasteiger partial charge in [-0.05, 0) is 49.1 Å². The Bertz CT molecular complexity index is 1030. The molecule has 0 aliphatic carbocycles. The molecule has 0 aromatic heterocycles. The maximum Gasteiger partial charge on any atom is 0.261 e. The van der Waals surface area contributed by atoms with E-state index in [1.54, 1.807) is 53.4 Å². The zero-order valence-electron chi connectivity index (χ0n) is 18.9. The van der Waals surface area contributed by atoms with Gasteiger partial charge in [0, 0.05) is 25.2 Å². The number of unbranched alkanes of at least 4 members (excludes halogenated alkanes) is 1. The van der Waals surface area contributed by atoms with E-state index in [-0.39, 0.29) is 36.1 Å². The third-order valence-corrected chi connectivity index (χ3v) is 6.33. The molecule has 33 heavy (non-hydrogen) atoms. The van der Waals surface area contributed by atoms with Crippen molar-refractivity contribution in [2.24, 2.45) is 5.92 Å². The molecule has 1 unspecified atom stereocenters. The highest BCUT2D eigenvalue weighted by molar-refractivity contribution is 6.21. The molecule has 1 N–H and O–H groups in total. The number of carbonyl (C=O) groups is 4. The molecule has 1 fully saturated rings. The fourth-order valence-corrected chi connectivity index (χ4v) is 4.41. The first-order valence-corrected chi connectivity index (χ1v) is 11.6. The number of nitrogens with one attached hydrogen (secondary N) is 1. The largest absolute Gasteiger partial charge is 0.356 e. The van der Waals surface area contributed by atoms with Crippen LogP contribution in [0.3, 0.4) is 0 Å². The number of nitrogens with zero attached hydrogens (tertiary/aromatic N) is 2. The van der Waals surface area contributed by atoms with E-state index in [0.717, 1.165) is 31.2 Å². The lowest BCUT2D eigenvalue weighted by Crippen LogP contribution is -2.45. The van der Waals surface area contributed by atoms with Crippen molar-refractivity contribution < 1.29 is 19.2 Å². The number of rotatable bonds is 7. The second-order valence-electron chi connectivity index (χ2n) is 8.67. The summed E-state index contributed by atoms with van der Waals surface area (Å²) in [4.78, 5) is 53.5. The van der Waals surface area contributed by atoms with Gasteiger partial charge in [0.1, 0.15) is 0 Å². The molecule has 4 rings (SSSR count). The second-order valence-corrected chi connectivity index (χ2v) is 8.67. The third kappa shape index (κ3) is 4.82. The van der Waals surface area contributed by atoms with Crippen LogP contribution >= 0.6 is 0 Å². The molecule has 172 valence electrons. The number of hydrogen-bond donors (Lipinski definition) is 1. The van der Waals surface area contributed by atoms with Gasteiger partial charge in [-0.1, -0.05) is 37.6 Å². The minimum atomic E-state index is -0.299. The number of imide groups is 1. The lowest BCUT2D eigenvalue weighted by molar-refractivity contribution is -0.126. The Labute approximate surface area is 193 Å². The van der Waals surface area contributed by atoms with E-state index in [2.05, 4.69) is 12.2 Å². The number of carbonyl (C=O) groups excluding carboxylic acids is 4. The molecule has 7 heteroatoms. The van der Waals surface area contributed by atoms with Crippen LogP contribution in [0.5, 0.6) is 0 Å². The molecule has 1 atom stereocenters. The van der Waals surface area contributed by atoms with Gasteiger partial charge in [0.15, 0.2) is 0 Å². The van der Waals surface area contributed by atoms with Gasteiger partial charge in [0.05, 0.1) is 23.6 Å². The van der Waals surface area contributed by atoms with Crippen molar-refractivity contribution in [1.82, 2.24) is 15.1 Å². The first kappa shape index (κ1) is 22.7. The number of amides is 4. The summed E-state index contributed by atoms with van der Waals surface area (Å²) >= 11 is 0. The van der Waals surface area contributed by atoms with E-state index in [9.17, 15) is 19.2 Å². The van der Waals surface area contributed by atoms with Crippen molar-refractivity contribution in [3.8, 4) is 0 Å². The highest BCUT2D eigenvalue weighted by atomic mass is 16.2. The lowest BCUT2D eigenvalue weighted by Gasteiger charge is -2.32. The van der Waals surface area contributed by atoms with Crippen LogP contribution in [-0.2, 0) is 11.3 Å². The van der Waals surface area contributed by atoms with Gasteiger partial charge in [0.25, 0.3) is 17.7 Å². The average Bonchev–Trinajstić information content (AvgIpc) is 3.09. The first-order valence-electron chi connectivity index (χ1n) is 11.6. The smallest absolute Gasteiger partial charge is 0.261 e. The molecule has 0 radical (unpaired) electrons. The number of piperidine rings is 1. The number of likely N-dealkylation sites (tertiary alicyclic amines) is 1. The van der Waals surface area contributed by atoms with E-state index < -0.39 is 0 Å². The van der Waals surface area contributed by atoms with Crippen molar-refractivity contribution in [3.63, 3.8) is 0 Å². The van der Waals surface area contributed by atoms with Crippen LogP contribution in [0.4, 0.5) is 0 Å². The zero-order chi connectivity index (χ0) is 23.4. The Morgan fingerprint density at radius 3 is 2.30 bits per heavy atom. The van der Waals surface area contributed by atoms with Gasteiger partial charge in [-0.25, -0.2) is 0 Å². The summed E-state index contributed by atoms with van der Waals surface area (Å²) in [7, 11) is 0. The van der Waals surface area contributed by atoms with Crippen LogP contribution in [0, 0.1) is 5.92 Å². The molecule has 0 saturated carbocycles. The molecular formula is C26H29N3O4. The standard InChI is InChI=1S/C26H29N3O4/c1-2-3-14-27-23(30)20-7-6-15-28(17-20)24(31)19-12-10-18(11-13-19)16-29-25(32)21-8-4-5-9-22(21)26(29)33/h4-5,8-13,20H,2-3,6-7,14-17H2,1H3,(H,27,30). The zero-order valence-corrected chi connectivity index (χ0v) is 18.9. The summed E-state index contributed by atoms with van der Waals surface area (Å²) in [6, 6.07) is 13.8. The van der Waals surface area contributed by atoms with Gasteiger partial charge in [0.2, 0.25) is 5.91 Å².